The van der Waals surface area contributed by atoms with Crippen LogP contribution < -0.4 is 10.6 Å². The maximum absolute atomic E-state index is 12.9. The highest BCUT2D eigenvalue weighted by atomic mass is 19.1. The maximum Gasteiger partial charge on any atom is 0.123 e. The number of rotatable bonds is 5. The lowest BCUT2D eigenvalue weighted by Crippen LogP contribution is -2.60. The molecule has 0 radical (unpaired) electrons. The number of ether oxygens (including phenoxy) is 1. The Morgan fingerprint density at radius 2 is 1.80 bits per heavy atom. The molecule has 0 aliphatic carbocycles. The molecule has 1 aliphatic heterocycles. The molecule has 1 atom stereocenters. The summed E-state index contributed by atoms with van der Waals surface area (Å²) in [4.78, 5) is 4.66. The highest BCUT2D eigenvalue weighted by Gasteiger charge is 2.33. The quantitative estimate of drug-likeness (QED) is 0.883. The zero-order valence-electron chi connectivity index (χ0n) is 12.3. The molecule has 1 unspecified atom stereocenters. The average Bonchev–Trinajstić information content (AvgIpc) is 2.48. The smallest absolute Gasteiger partial charge is 0.123 e. The lowest BCUT2D eigenvalue weighted by atomic mass is 10.00. The molecule has 1 saturated heterocycles. The molecule has 0 spiro atoms. The summed E-state index contributed by atoms with van der Waals surface area (Å²) >= 11 is 0. The molecule has 20 heavy (non-hydrogen) atoms. The van der Waals surface area contributed by atoms with Crippen LogP contribution in [0, 0.1) is 5.82 Å². The van der Waals surface area contributed by atoms with E-state index < -0.39 is 0 Å². The fraction of sp³-hybridized carbons (Fsp3) is 0.600. The lowest BCUT2D eigenvalue weighted by Gasteiger charge is -2.45. The van der Waals surface area contributed by atoms with Crippen LogP contribution in [0.1, 0.15) is 6.92 Å². The zero-order chi connectivity index (χ0) is 14.6. The second kappa shape index (κ2) is 6.52. The van der Waals surface area contributed by atoms with Crippen LogP contribution in [0.3, 0.4) is 0 Å². The third-order valence-electron chi connectivity index (χ3n) is 4.13. The third kappa shape index (κ3) is 3.29. The van der Waals surface area contributed by atoms with Gasteiger partial charge in [0.05, 0.1) is 12.1 Å². The van der Waals surface area contributed by atoms with Crippen molar-refractivity contribution in [1.82, 2.24) is 4.90 Å². The van der Waals surface area contributed by atoms with Crippen LogP contribution in [0.15, 0.2) is 24.3 Å². The van der Waals surface area contributed by atoms with Crippen molar-refractivity contribution in [2.24, 2.45) is 5.73 Å². The Bertz CT molecular complexity index is 418. The van der Waals surface area contributed by atoms with Gasteiger partial charge in [0.15, 0.2) is 0 Å². The Morgan fingerprint density at radius 1 is 1.20 bits per heavy atom. The first kappa shape index (κ1) is 15.2. The van der Waals surface area contributed by atoms with Crippen LogP contribution in [-0.2, 0) is 4.74 Å². The first-order chi connectivity index (χ1) is 9.59. The normalized spacial score (nSPS) is 19.9. The summed E-state index contributed by atoms with van der Waals surface area (Å²) in [5.74, 6) is -0.191. The number of anilines is 1. The predicted molar refractivity (Wildman–Crippen MR) is 79.5 cm³/mol. The van der Waals surface area contributed by atoms with E-state index in [1.165, 1.54) is 12.1 Å². The Hall–Kier alpha value is -1.17. The van der Waals surface area contributed by atoms with Crippen LogP contribution in [0.2, 0.25) is 0 Å². The van der Waals surface area contributed by atoms with Crippen molar-refractivity contribution in [2.45, 2.75) is 12.5 Å². The molecule has 2 rings (SSSR count). The van der Waals surface area contributed by atoms with Gasteiger partial charge in [-0.05, 0) is 31.2 Å². The minimum absolute atomic E-state index is 0.108. The van der Waals surface area contributed by atoms with Gasteiger partial charge in [0.25, 0.3) is 0 Å². The van der Waals surface area contributed by atoms with E-state index in [0.717, 1.165) is 31.9 Å². The SMILES string of the molecule is COCC(C)(CN)N1CCN(c2ccc(F)cc2)CC1. The first-order valence-corrected chi connectivity index (χ1v) is 7.03. The lowest BCUT2D eigenvalue weighted by molar-refractivity contribution is 0.0236. The van der Waals surface area contributed by atoms with Crippen LogP contribution >= 0.6 is 0 Å². The van der Waals surface area contributed by atoms with Crippen molar-refractivity contribution >= 4 is 5.69 Å². The second-order valence-electron chi connectivity index (χ2n) is 5.58. The summed E-state index contributed by atoms with van der Waals surface area (Å²) in [6.07, 6.45) is 0. The van der Waals surface area contributed by atoms with Crippen LogP contribution in [0.5, 0.6) is 0 Å². The Morgan fingerprint density at radius 3 is 2.30 bits per heavy atom. The number of hydrogen-bond donors (Lipinski definition) is 1. The van der Waals surface area contributed by atoms with Gasteiger partial charge in [0.2, 0.25) is 0 Å². The highest BCUT2D eigenvalue weighted by Crippen LogP contribution is 2.21. The molecule has 1 aliphatic rings. The van der Waals surface area contributed by atoms with E-state index in [0.29, 0.717) is 13.2 Å². The van der Waals surface area contributed by atoms with Gasteiger partial charge in [0, 0.05) is 45.5 Å². The van der Waals surface area contributed by atoms with Crippen molar-refractivity contribution in [2.75, 3.05) is 51.3 Å². The molecule has 2 N–H and O–H groups in total. The van der Waals surface area contributed by atoms with Crippen LogP contribution in [-0.4, -0.2) is 56.9 Å². The average molecular weight is 281 g/mol. The molecule has 0 saturated carbocycles. The first-order valence-electron chi connectivity index (χ1n) is 7.03. The topological polar surface area (TPSA) is 41.7 Å². The largest absolute Gasteiger partial charge is 0.383 e. The van der Waals surface area contributed by atoms with Crippen LogP contribution in [0.4, 0.5) is 10.1 Å². The summed E-state index contributed by atoms with van der Waals surface area (Å²) in [5.41, 5.74) is 6.88. The molecule has 0 amide bonds. The summed E-state index contributed by atoms with van der Waals surface area (Å²) in [6.45, 7) is 7.08. The molecule has 0 bridgehead atoms. The van der Waals surface area contributed by atoms with Gasteiger partial charge < -0.3 is 15.4 Å². The van der Waals surface area contributed by atoms with E-state index in [1.54, 1.807) is 7.11 Å². The van der Waals surface area contributed by atoms with Gasteiger partial charge in [-0.3, -0.25) is 4.90 Å². The molecule has 4 nitrogen and oxygen atoms in total. The van der Waals surface area contributed by atoms with Gasteiger partial charge in [-0.25, -0.2) is 4.39 Å². The number of methoxy groups -OCH3 is 1. The number of nitrogens with zero attached hydrogens (tertiary/aromatic N) is 2. The molecular weight excluding hydrogens is 257 g/mol. The van der Waals surface area contributed by atoms with E-state index in [4.69, 9.17) is 10.5 Å². The molecule has 0 aromatic heterocycles. The summed E-state index contributed by atoms with van der Waals surface area (Å²) in [5, 5.41) is 0. The van der Waals surface area contributed by atoms with Gasteiger partial charge in [-0.2, -0.15) is 0 Å². The number of piperazine rings is 1. The molecule has 1 heterocycles. The summed E-state index contributed by atoms with van der Waals surface area (Å²) in [7, 11) is 1.71. The van der Waals surface area contributed by atoms with Crippen molar-refractivity contribution in [3.63, 3.8) is 0 Å². The van der Waals surface area contributed by atoms with Gasteiger partial charge in [-0.1, -0.05) is 0 Å². The van der Waals surface area contributed by atoms with E-state index in [1.807, 2.05) is 12.1 Å². The van der Waals surface area contributed by atoms with E-state index in [-0.39, 0.29) is 11.4 Å². The summed E-state index contributed by atoms with van der Waals surface area (Å²) in [6, 6.07) is 6.69. The Kier molecular flexibility index (Phi) is 4.96. The molecular formula is C15H24FN3O. The second-order valence-corrected chi connectivity index (χ2v) is 5.58. The zero-order valence-corrected chi connectivity index (χ0v) is 12.3. The van der Waals surface area contributed by atoms with Crippen molar-refractivity contribution < 1.29 is 9.13 Å². The van der Waals surface area contributed by atoms with Gasteiger partial charge in [-0.15, -0.1) is 0 Å². The van der Waals surface area contributed by atoms with E-state index >= 15 is 0 Å². The Balaban J connectivity index is 1.96. The molecule has 1 aromatic carbocycles. The van der Waals surface area contributed by atoms with Crippen LogP contribution in [0.25, 0.3) is 0 Å². The minimum atomic E-state index is -0.191. The number of hydrogen-bond acceptors (Lipinski definition) is 4. The van der Waals surface area contributed by atoms with Gasteiger partial charge in [0.1, 0.15) is 5.82 Å². The third-order valence-corrected chi connectivity index (χ3v) is 4.13. The molecule has 5 heteroatoms. The fourth-order valence-electron chi connectivity index (χ4n) is 2.75. The minimum Gasteiger partial charge on any atom is -0.383 e. The highest BCUT2D eigenvalue weighted by molar-refractivity contribution is 5.46. The number of benzene rings is 1. The monoisotopic (exact) mass is 281 g/mol. The van der Waals surface area contributed by atoms with Crippen molar-refractivity contribution in [3.8, 4) is 0 Å². The number of nitrogens with two attached hydrogens (primary N) is 1. The van der Waals surface area contributed by atoms with E-state index in [2.05, 4.69) is 16.7 Å². The molecule has 1 fully saturated rings. The molecule has 1 aromatic rings. The van der Waals surface area contributed by atoms with Crippen molar-refractivity contribution in [1.29, 1.82) is 0 Å². The Labute approximate surface area is 120 Å². The predicted octanol–water partition coefficient (Wildman–Crippen LogP) is 1.31. The summed E-state index contributed by atoms with van der Waals surface area (Å²) < 4.78 is 18.2. The maximum atomic E-state index is 12.9. The number of halogens is 1. The van der Waals surface area contributed by atoms with E-state index in [9.17, 15) is 4.39 Å². The molecule has 112 valence electrons. The van der Waals surface area contributed by atoms with Crippen molar-refractivity contribution in [3.05, 3.63) is 30.1 Å². The standard InChI is InChI=1S/C15H24FN3O/c1-15(11-17,12-20-2)19-9-7-18(8-10-19)14-5-3-13(16)4-6-14/h3-6H,7-12,17H2,1-2H3. The fourth-order valence-corrected chi connectivity index (χ4v) is 2.75. The van der Waals surface area contributed by atoms with Gasteiger partial charge >= 0.3 is 0 Å².